The Morgan fingerprint density at radius 2 is 1.65 bits per heavy atom. The van der Waals surface area contributed by atoms with E-state index in [1.807, 2.05) is 0 Å². The van der Waals surface area contributed by atoms with Crippen LogP contribution in [0.4, 0.5) is 8.78 Å². The third kappa shape index (κ3) is 1.93. The van der Waals surface area contributed by atoms with Gasteiger partial charge in [0.15, 0.2) is 11.5 Å². The molecule has 0 aliphatic carbocycles. The molecule has 0 saturated carbocycles. The van der Waals surface area contributed by atoms with Crippen molar-refractivity contribution in [3.05, 3.63) is 54.2 Å². The summed E-state index contributed by atoms with van der Waals surface area (Å²) in [6.07, 6.45) is 1.46. The molecule has 0 fully saturated rings. The molecular weight excluding hydrogens is 264 g/mol. The van der Waals surface area contributed by atoms with Gasteiger partial charge in [-0.2, -0.15) is 0 Å². The van der Waals surface area contributed by atoms with E-state index in [0.29, 0.717) is 10.9 Å². The highest BCUT2D eigenvalue weighted by molar-refractivity contribution is 5.99. The number of phenols is 2. The summed E-state index contributed by atoms with van der Waals surface area (Å²) in [6.45, 7) is 0. The van der Waals surface area contributed by atoms with Gasteiger partial charge in [-0.25, -0.2) is 8.78 Å². The van der Waals surface area contributed by atoms with Gasteiger partial charge in [0.2, 0.25) is 0 Å². The number of phenolic OH excluding ortho intramolecular Hbond substituents is 2. The molecule has 0 aliphatic heterocycles. The fraction of sp³-hybridized carbons (Fsp3) is 0. The fourth-order valence-corrected chi connectivity index (χ4v) is 2.16. The van der Waals surface area contributed by atoms with Crippen molar-refractivity contribution in [3.8, 4) is 22.6 Å². The van der Waals surface area contributed by atoms with Crippen LogP contribution < -0.4 is 0 Å². The molecule has 3 nitrogen and oxygen atoms in total. The number of nitrogens with zero attached hydrogens (tertiary/aromatic N) is 1. The first kappa shape index (κ1) is 12.3. The fourth-order valence-electron chi connectivity index (χ4n) is 2.16. The molecule has 0 bridgehead atoms. The second-order valence-electron chi connectivity index (χ2n) is 4.35. The van der Waals surface area contributed by atoms with Crippen molar-refractivity contribution in [2.45, 2.75) is 0 Å². The molecule has 100 valence electrons. The second kappa shape index (κ2) is 4.45. The van der Waals surface area contributed by atoms with Crippen molar-refractivity contribution in [2.24, 2.45) is 0 Å². The molecule has 0 amide bonds. The lowest BCUT2D eigenvalue weighted by Crippen LogP contribution is -1.88. The van der Waals surface area contributed by atoms with Crippen LogP contribution in [-0.4, -0.2) is 15.2 Å². The number of aromatic nitrogens is 1. The third-order valence-electron chi connectivity index (χ3n) is 3.02. The maximum absolute atomic E-state index is 13.3. The van der Waals surface area contributed by atoms with E-state index in [1.54, 1.807) is 12.1 Å². The molecule has 20 heavy (non-hydrogen) atoms. The molecular formula is C15H9F2NO2. The molecule has 1 aromatic heterocycles. The summed E-state index contributed by atoms with van der Waals surface area (Å²) in [7, 11) is 0. The second-order valence-corrected chi connectivity index (χ2v) is 4.35. The van der Waals surface area contributed by atoms with Crippen LogP contribution in [0.1, 0.15) is 0 Å². The Morgan fingerprint density at radius 1 is 0.950 bits per heavy atom. The summed E-state index contributed by atoms with van der Waals surface area (Å²) in [5.74, 6) is -2.19. The van der Waals surface area contributed by atoms with Gasteiger partial charge in [-0.05, 0) is 35.4 Å². The van der Waals surface area contributed by atoms with E-state index in [1.165, 1.54) is 12.3 Å². The van der Waals surface area contributed by atoms with Crippen molar-refractivity contribution in [3.63, 3.8) is 0 Å². The number of hydrogen-bond donors (Lipinski definition) is 2. The van der Waals surface area contributed by atoms with Crippen LogP contribution in [0.15, 0.2) is 42.6 Å². The average molecular weight is 273 g/mol. The lowest BCUT2D eigenvalue weighted by Gasteiger charge is -2.10. The summed E-state index contributed by atoms with van der Waals surface area (Å²) in [5, 5.41) is 20.0. The van der Waals surface area contributed by atoms with Crippen LogP contribution in [0.5, 0.6) is 11.5 Å². The minimum absolute atomic E-state index is 0.173. The molecule has 5 heteroatoms. The Kier molecular flexibility index (Phi) is 2.75. The predicted octanol–water partition coefficient (Wildman–Crippen LogP) is 3.59. The number of fused-ring (bicyclic) bond motifs is 1. The Morgan fingerprint density at radius 3 is 2.35 bits per heavy atom. The maximum Gasteiger partial charge on any atom is 0.184 e. The van der Waals surface area contributed by atoms with E-state index >= 15 is 0 Å². The molecule has 1 heterocycles. The highest BCUT2D eigenvalue weighted by Gasteiger charge is 2.14. The Bertz CT molecular complexity index is 798. The van der Waals surface area contributed by atoms with E-state index in [4.69, 9.17) is 0 Å². The highest BCUT2D eigenvalue weighted by Crippen LogP contribution is 2.39. The monoisotopic (exact) mass is 273 g/mol. The van der Waals surface area contributed by atoms with E-state index in [2.05, 4.69) is 4.98 Å². The molecule has 0 spiro atoms. The van der Waals surface area contributed by atoms with Gasteiger partial charge < -0.3 is 10.2 Å². The Balaban J connectivity index is 2.39. The minimum atomic E-state index is -0.718. The summed E-state index contributed by atoms with van der Waals surface area (Å²) >= 11 is 0. The number of pyridine rings is 1. The SMILES string of the molecule is Oc1cc(-c2cc(F)cc(F)c2)c2cccnc2c1O. The smallest absolute Gasteiger partial charge is 0.184 e. The van der Waals surface area contributed by atoms with E-state index < -0.39 is 17.4 Å². The van der Waals surface area contributed by atoms with Crippen molar-refractivity contribution >= 4 is 10.9 Å². The lowest BCUT2D eigenvalue weighted by atomic mass is 9.99. The van der Waals surface area contributed by atoms with Gasteiger partial charge in [-0.1, -0.05) is 6.07 Å². The molecule has 2 N–H and O–H groups in total. The number of benzene rings is 2. The Hall–Kier alpha value is -2.69. The first-order valence-corrected chi connectivity index (χ1v) is 5.82. The van der Waals surface area contributed by atoms with Gasteiger partial charge in [0.1, 0.15) is 17.2 Å². The van der Waals surface area contributed by atoms with Gasteiger partial charge in [0.05, 0.1) is 0 Å². The molecule has 0 aliphatic rings. The van der Waals surface area contributed by atoms with Crippen LogP contribution >= 0.6 is 0 Å². The van der Waals surface area contributed by atoms with Gasteiger partial charge in [-0.3, -0.25) is 4.98 Å². The molecule has 3 rings (SSSR count). The van der Waals surface area contributed by atoms with E-state index in [9.17, 15) is 19.0 Å². The highest BCUT2D eigenvalue weighted by atomic mass is 19.1. The molecule has 0 radical (unpaired) electrons. The zero-order valence-corrected chi connectivity index (χ0v) is 10.1. The van der Waals surface area contributed by atoms with Crippen molar-refractivity contribution in [1.82, 2.24) is 4.98 Å². The average Bonchev–Trinajstić information content (AvgIpc) is 2.42. The number of hydrogen-bond acceptors (Lipinski definition) is 3. The summed E-state index contributed by atoms with van der Waals surface area (Å²) in [6, 6.07) is 7.62. The first-order chi connectivity index (χ1) is 9.56. The molecule has 0 saturated heterocycles. The number of rotatable bonds is 1. The summed E-state index contributed by atoms with van der Waals surface area (Å²) in [5.41, 5.74) is 0.824. The van der Waals surface area contributed by atoms with Crippen LogP contribution in [0.2, 0.25) is 0 Å². The van der Waals surface area contributed by atoms with E-state index in [0.717, 1.165) is 18.2 Å². The van der Waals surface area contributed by atoms with Crippen LogP contribution in [0.3, 0.4) is 0 Å². The molecule has 2 aromatic carbocycles. The number of halogens is 2. The van der Waals surface area contributed by atoms with Gasteiger partial charge in [-0.15, -0.1) is 0 Å². The summed E-state index contributed by atoms with van der Waals surface area (Å²) in [4.78, 5) is 3.98. The number of aromatic hydroxyl groups is 2. The van der Waals surface area contributed by atoms with Crippen molar-refractivity contribution in [1.29, 1.82) is 0 Å². The first-order valence-electron chi connectivity index (χ1n) is 5.82. The largest absolute Gasteiger partial charge is 0.504 e. The zero-order chi connectivity index (χ0) is 14.3. The van der Waals surface area contributed by atoms with Crippen LogP contribution in [0, 0.1) is 11.6 Å². The van der Waals surface area contributed by atoms with Gasteiger partial charge in [0, 0.05) is 17.6 Å². The predicted molar refractivity (Wildman–Crippen MR) is 70.4 cm³/mol. The quantitative estimate of drug-likeness (QED) is 0.666. The normalized spacial score (nSPS) is 10.9. The van der Waals surface area contributed by atoms with Crippen LogP contribution in [-0.2, 0) is 0 Å². The lowest BCUT2D eigenvalue weighted by molar-refractivity contribution is 0.407. The van der Waals surface area contributed by atoms with Crippen molar-refractivity contribution in [2.75, 3.05) is 0 Å². The topological polar surface area (TPSA) is 53.4 Å². The third-order valence-corrected chi connectivity index (χ3v) is 3.02. The minimum Gasteiger partial charge on any atom is -0.504 e. The summed E-state index contributed by atoms with van der Waals surface area (Å²) < 4.78 is 26.7. The van der Waals surface area contributed by atoms with Crippen molar-refractivity contribution < 1.29 is 19.0 Å². The van der Waals surface area contributed by atoms with Crippen LogP contribution in [0.25, 0.3) is 22.0 Å². The van der Waals surface area contributed by atoms with Gasteiger partial charge in [0.25, 0.3) is 0 Å². The molecule has 3 aromatic rings. The standard InChI is InChI=1S/C15H9F2NO2/c16-9-4-8(5-10(17)6-9)12-7-13(19)15(20)14-11(12)2-1-3-18-14/h1-7,19-20H. The van der Waals surface area contributed by atoms with Gasteiger partial charge >= 0.3 is 0 Å². The Labute approximate surface area is 112 Å². The zero-order valence-electron chi connectivity index (χ0n) is 10.1. The maximum atomic E-state index is 13.3. The van der Waals surface area contributed by atoms with E-state index in [-0.39, 0.29) is 16.8 Å². The molecule has 0 unspecified atom stereocenters. The molecule has 0 atom stereocenters.